The summed E-state index contributed by atoms with van der Waals surface area (Å²) in [7, 11) is -7.64. The zero-order valence-electron chi connectivity index (χ0n) is 23.0. The largest absolute Gasteiger partial charge is 0.487 e. The number of nitrogens with one attached hydrogen (secondary N) is 1. The fourth-order valence-electron chi connectivity index (χ4n) is 4.99. The molecule has 0 saturated carbocycles. The Labute approximate surface area is 240 Å². The molecule has 0 atom stereocenters. The van der Waals surface area contributed by atoms with Crippen LogP contribution in [0.5, 0.6) is 5.75 Å². The number of benzene rings is 1. The van der Waals surface area contributed by atoms with E-state index in [4.69, 9.17) is 21.1 Å². The van der Waals surface area contributed by atoms with Crippen molar-refractivity contribution in [3.05, 3.63) is 33.7 Å². The summed E-state index contributed by atoms with van der Waals surface area (Å²) in [4.78, 5) is 28.7. The third-order valence-electron chi connectivity index (χ3n) is 6.88. The average molecular weight is 619 g/mol. The van der Waals surface area contributed by atoms with Gasteiger partial charge in [0.2, 0.25) is 26.0 Å². The topological polar surface area (TPSA) is 143 Å². The van der Waals surface area contributed by atoms with Gasteiger partial charge in [-0.2, -0.15) is 4.31 Å². The quantitative estimate of drug-likeness (QED) is 0.509. The van der Waals surface area contributed by atoms with Crippen LogP contribution >= 0.6 is 11.6 Å². The van der Waals surface area contributed by atoms with Crippen LogP contribution in [0, 0.1) is 0 Å². The molecule has 0 bridgehead atoms. The van der Waals surface area contributed by atoms with E-state index in [1.807, 2.05) is 0 Å². The maximum absolute atomic E-state index is 13.3. The number of nitrogens with zero attached hydrogens (tertiary/aromatic N) is 3. The lowest BCUT2D eigenvalue weighted by Gasteiger charge is -2.45. The van der Waals surface area contributed by atoms with Crippen LogP contribution in [-0.4, -0.2) is 106 Å². The lowest BCUT2D eigenvalue weighted by atomic mass is 9.88. The molecular weight excluding hydrogens is 584 g/mol. The van der Waals surface area contributed by atoms with E-state index < -0.39 is 43.2 Å². The molecular formula is C25H35ClN4O8S2. The molecule has 0 radical (unpaired) electrons. The minimum atomic E-state index is -3.98. The van der Waals surface area contributed by atoms with Crippen LogP contribution in [0.3, 0.4) is 0 Å². The van der Waals surface area contributed by atoms with Gasteiger partial charge in [0.05, 0.1) is 23.2 Å². The van der Waals surface area contributed by atoms with Crippen LogP contribution in [0.25, 0.3) is 6.08 Å². The number of likely N-dealkylation sites (tertiary alicyclic amines) is 1. The zero-order valence-corrected chi connectivity index (χ0v) is 25.4. The van der Waals surface area contributed by atoms with Crippen molar-refractivity contribution in [2.45, 2.75) is 44.8 Å². The minimum absolute atomic E-state index is 0.0355. The number of piperidine rings is 1. The molecule has 0 spiro atoms. The molecule has 0 aliphatic carbocycles. The van der Waals surface area contributed by atoms with Gasteiger partial charge in [0.1, 0.15) is 18.0 Å². The SMILES string of the molecule is CC(C)(C)OC(=O)N1CCC(CN2CCN(S(=O)(=O)C3=Cc4ccc(Cl)cc4OC3)CC2=O)(NS(C)(=O)=O)CC1. The van der Waals surface area contributed by atoms with Crippen molar-refractivity contribution in [3.63, 3.8) is 0 Å². The molecule has 2 saturated heterocycles. The first-order valence-corrected chi connectivity index (χ1v) is 16.6. The second-order valence-corrected chi connectivity index (χ2v) is 15.5. The monoisotopic (exact) mass is 618 g/mol. The number of ether oxygens (including phenoxy) is 2. The van der Waals surface area contributed by atoms with Gasteiger partial charge in [-0.05, 0) is 57.9 Å². The highest BCUT2D eigenvalue weighted by molar-refractivity contribution is 7.93. The highest BCUT2D eigenvalue weighted by Gasteiger charge is 2.43. The molecule has 1 aromatic rings. The van der Waals surface area contributed by atoms with Crippen molar-refractivity contribution < 1.29 is 35.9 Å². The van der Waals surface area contributed by atoms with E-state index >= 15 is 0 Å². The van der Waals surface area contributed by atoms with E-state index in [2.05, 4.69) is 4.72 Å². The second kappa shape index (κ2) is 11.1. The molecule has 2 amide bonds. The molecule has 40 heavy (non-hydrogen) atoms. The number of sulfonamides is 2. The highest BCUT2D eigenvalue weighted by Crippen LogP contribution is 2.32. The van der Waals surface area contributed by atoms with Crippen molar-refractivity contribution in [3.8, 4) is 5.75 Å². The number of fused-ring (bicyclic) bond motifs is 1. The summed E-state index contributed by atoms with van der Waals surface area (Å²) < 4.78 is 66.1. The molecule has 1 N–H and O–H groups in total. The number of piperazine rings is 1. The lowest BCUT2D eigenvalue weighted by molar-refractivity contribution is -0.135. The van der Waals surface area contributed by atoms with Crippen LogP contribution in [-0.2, 0) is 29.6 Å². The van der Waals surface area contributed by atoms with Crippen LogP contribution in [0.15, 0.2) is 23.1 Å². The van der Waals surface area contributed by atoms with Gasteiger partial charge in [0.15, 0.2) is 0 Å². The normalized spacial score (nSPS) is 20.4. The average Bonchev–Trinajstić information content (AvgIpc) is 2.83. The fourth-order valence-corrected chi connectivity index (χ4v) is 7.62. The van der Waals surface area contributed by atoms with Crippen LogP contribution in [0.1, 0.15) is 39.2 Å². The third kappa shape index (κ3) is 7.27. The Kier molecular flexibility index (Phi) is 8.50. The Morgan fingerprint density at radius 1 is 1.12 bits per heavy atom. The molecule has 3 aliphatic heterocycles. The van der Waals surface area contributed by atoms with E-state index in [-0.39, 0.29) is 63.6 Å². The Bertz CT molecular complexity index is 1410. The molecule has 15 heteroatoms. The summed E-state index contributed by atoms with van der Waals surface area (Å²) in [5, 5.41) is 0.471. The van der Waals surface area contributed by atoms with E-state index in [9.17, 15) is 26.4 Å². The molecule has 1 aromatic carbocycles. The summed E-state index contributed by atoms with van der Waals surface area (Å²) in [6.07, 6.45) is 2.61. The molecule has 3 heterocycles. The predicted octanol–water partition coefficient (Wildman–Crippen LogP) is 1.87. The van der Waals surface area contributed by atoms with Gasteiger partial charge in [-0.25, -0.2) is 26.4 Å². The summed E-state index contributed by atoms with van der Waals surface area (Å²) in [6, 6.07) is 4.91. The van der Waals surface area contributed by atoms with Crippen LogP contribution in [0.2, 0.25) is 5.02 Å². The molecule has 0 aromatic heterocycles. The van der Waals surface area contributed by atoms with Gasteiger partial charge in [-0.1, -0.05) is 11.6 Å². The third-order valence-corrected chi connectivity index (χ3v) is 9.81. The van der Waals surface area contributed by atoms with Gasteiger partial charge in [0.25, 0.3) is 0 Å². The summed E-state index contributed by atoms with van der Waals surface area (Å²) in [6.45, 7) is 5.38. The Morgan fingerprint density at radius 3 is 2.40 bits per heavy atom. The lowest BCUT2D eigenvalue weighted by Crippen LogP contribution is -2.64. The van der Waals surface area contributed by atoms with Crippen molar-refractivity contribution in [1.29, 1.82) is 0 Å². The van der Waals surface area contributed by atoms with Gasteiger partial charge in [-0.15, -0.1) is 0 Å². The van der Waals surface area contributed by atoms with E-state index in [1.165, 1.54) is 15.9 Å². The number of amides is 2. The zero-order chi connectivity index (χ0) is 29.5. The predicted molar refractivity (Wildman–Crippen MR) is 150 cm³/mol. The maximum atomic E-state index is 13.3. The molecule has 12 nitrogen and oxygen atoms in total. The first-order valence-electron chi connectivity index (χ1n) is 12.8. The van der Waals surface area contributed by atoms with Gasteiger partial charge in [-0.3, -0.25) is 4.79 Å². The number of carbonyl (C=O) groups is 2. The Balaban J connectivity index is 1.44. The highest BCUT2D eigenvalue weighted by atomic mass is 35.5. The van der Waals surface area contributed by atoms with Crippen molar-refractivity contribution in [2.75, 3.05) is 52.1 Å². The number of hydrogen-bond acceptors (Lipinski definition) is 8. The summed E-state index contributed by atoms with van der Waals surface area (Å²) in [5.41, 5.74) is -1.10. The number of halogens is 1. The van der Waals surface area contributed by atoms with Gasteiger partial charge >= 0.3 is 6.09 Å². The maximum Gasteiger partial charge on any atom is 0.410 e. The fraction of sp³-hybridized carbons (Fsp3) is 0.600. The number of hydrogen-bond donors (Lipinski definition) is 1. The van der Waals surface area contributed by atoms with Crippen LogP contribution < -0.4 is 9.46 Å². The second-order valence-electron chi connectivity index (χ2n) is 11.4. The Morgan fingerprint density at radius 2 is 1.80 bits per heavy atom. The minimum Gasteiger partial charge on any atom is -0.487 e. The van der Waals surface area contributed by atoms with Crippen molar-refractivity contribution in [1.82, 2.24) is 18.8 Å². The molecule has 222 valence electrons. The smallest absolute Gasteiger partial charge is 0.410 e. The molecule has 3 aliphatic rings. The first-order chi connectivity index (χ1) is 18.5. The standard InChI is InChI=1S/C25H35ClN4O8S2/c1-24(2,3)38-23(32)28-9-7-25(8-10-28,27-39(4,33)34)17-29-11-12-30(15-22(29)31)40(35,36)20-13-18-5-6-19(26)14-21(18)37-16-20/h5-6,13-14,27H,7-12,15-17H2,1-4H3. The van der Waals surface area contributed by atoms with Crippen molar-refractivity contribution >= 4 is 49.7 Å². The van der Waals surface area contributed by atoms with E-state index in [0.29, 0.717) is 16.3 Å². The first kappa shape index (κ1) is 30.6. The van der Waals surface area contributed by atoms with Crippen LogP contribution in [0.4, 0.5) is 4.79 Å². The van der Waals surface area contributed by atoms with Gasteiger partial charge in [0, 0.05) is 43.3 Å². The molecule has 2 fully saturated rings. The van der Waals surface area contributed by atoms with E-state index in [0.717, 1.165) is 10.6 Å². The summed E-state index contributed by atoms with van der Waals surface area (Å²) in [5.74, 6) is 0.0392. The number of carbonyl (C=O) groups excluding carboxylic acids is 2. The molecule has 4 rings (SSSR count). The van der Waals surface area contributed by atoms with Gasteiger partial charge < -0.3 is 19.3 Å². The molecule has 0 unspecified atom stereocenters. The summed E-state index contributed by atoms with van der Waals surface area (Å²) >= 11 is 5.98. The van der Waals surface area contributed by atoms with Crippen molar-refractivity contribution in [2.24, 2.45) is 0 Å². The number of rotatable bonds is 6. The van der Waals surface area contributed by atoms with E-state index in [1.54, 1.807) is 39.0 Å². The Hall–Kier alpha value is -2.39.